The average Bonchev–Trinajstić information content (AvgIpc) is 3.48. The predicted molar refractivity (Wildman–Crippen MR) is 113 cm³/mol. The molecule has 0 bridgehead atoms. The van der Waals surface area contributed by atoms with Crippen LogP contribution in [0.2, 0.25) is 0 Å². The third-order valence-electron chi connectivity index (χ3n) is 5.74. The molecule has 1 fully saturated rings. The Kier molecular flexibility index (Phi) is 7.08. The summed E-state index contributed by atoms with van der Waals surface area (Å²) in [5.74, 6) is -2.87. The number of halogens is 2. The van der Waals surface area contributed by atoms with Gasteiger partial charge in [0, 0.05) is 24.7 Å². The first-order valence-electron chi connectivity index (χ1n) is 10.6. The topological polar surface area (TPSA) is 126 Å². The van der Waals surface area contributed by atoms with E-state index < -0.39 is 48.8 Å². The van der Waals surface area contributed by atoms with Crippen molar-refractivity contribution in [1.29, 1.82) is 0 Å². The summed E-state index contributed by atoms with van der Waals surface area (Å²) in [6, 6.07) is 2.96. The van der Waals surface area contributed by atoms with Crippen LogP contribution in [-0.4, -0.2) is 77.8 Å². The fraction of sp³-hybridized carbons (Fsp3) is 0.409. The van der Waals surface area contributed by atoms with Gasteiger partial charge in [-0.25, -0.2) is 13.6 Å². The Morgan fingerprint density at radius 2 is 2.00 bits per heavy atom. The first kappa shape index (κ1) is 23.6. The molecule has 0 saturated carbocycles. The summed E-state index contributed by atoms with van der Waals surface area (Å²) < 4.78 is 45.2. The third kappa shape index (κ3) is 4.73. The minimum absolute atomic E-state index is 0.0167. The van der Waals surface area contributed by atoms with Gasteiger partial charge in [0.05, 0.1) is 24.8 Å². The van der Waals surface area contributed by atoms with Crippen molar-refractivity contribution in [2.24, 2.45) is 5.92 Å². The van der Waals surface area contributed by atoms with Crippen molar-refractivity contribution >= 4 is 23.3 Å². The molecule has 2 N–H and O–H groups in total. The van der Waals surface area contributed by atoms with E-state index >= 15 is 8.78 Å². The van der Waals surface area contributed by atoms with Gasteiger partial charge >= 0.3 is 6.09 Å². The van der Waals surface area contributed by atoms with Gasteiger partial charge in [0.2, 0.25) is 5.91 Å². The molecule has 182 valence electrons. The van der Waals surface area contributed by atoms with Crippen LogP contribution in [0.1, 0.15) is 12.0 Å². The molecular formula is C22H23F2N3O7. The van der Waals surface area contributed by atoms with Crippen LogP contribution in [0.15, 0.2) is 35.1 Å². The summed E-state index contributed by atoms with van der Waals surface area (Å²) in [6.45, 7) is -0.763. The average molecular weight is 479 g/mol. The smallest absolute Gasteiger partial charge is 0.414 e. The molecule has 0 aliphatic carbocycles. The van der Waals surface area contributed by atoms with Crippen LogP contribution in [0, 0.1) is 17.6 Å². The number of aliphatic hydroxyl groups is 2. The van der Waals surface area contributed by atoms with Gasteiger partial charge in [-0.05, 0) is 29.3 Å². The molecule has 2 aliphatic heterocycles. The number of aromatic nitrogens is 1. The summed E-state index contributed by atoms with van der Waals surface area (Å²) in [5, 5.41) is 22.0. The van der Waals surface area contributed by atoms with E-state index in [2.05, 4.69) is 9.68 Å². The predicted octanol–water partition coefficient (Wildman–Crippen LogP) is 1.57. The highest BCUT2D eigenvalue weighted by Crippen LogP contribution is 2.33. The zero-order chi connectivity index (χ0) is 24.2. The molecule has 34 heavy (non-hydrogen) atoms. The van der Waals surface area contributed by atoms with Crippen LogP contribution >= 0.6 is 0 Å². The first-order chi connectivity index (χ1) is 16.4. The molecule has 0 spiro atoms. The highest BCUT2D eigenvalue weighted by atomic mass is 19.1. The molecule has 0 unspecified atom stereocenters. The quantitative estimate of drug-likeness (QED) is 0.585. The van der Waals surface area contributed by atoms with Crippen molar-refractivity contribution in [3.63, 3.8) is 0 Å². The lowest BCUT2D eigenvalue weighted by atomic mass is 9.97. The van der Waals surface area contributed by atoms with E-state index in [0.29, 0.717) is 5.57 Å². The number of nitrogens with zero attached hydrogens (tertiary/aromatic N) is 3. The molecular weight excluding hydrogens is 456 g/mol. The van der Waals surface area contributed by atoms with Gasteiger partial charge in [-0.1, -0.05) is 6.08 Å². The summed E-state index contributed by atoms with van der Waals surface area (Å²) in [6.07, 6.45) is 2.28. The van der Waals surface area contributed by atoms with Crippen molar-refractivity contribution in [3.8, 4) is 5.88 Å². The van der Waals surface area contributed by atoms with Crippen LogP contribution in [-0.2, 0) is 9.53 Å². The van der Waals surface area contributed by atoms with Crippen molar-refractivity contribution in [2.75, 3.05) is 44.4 Å². The Morgan fingerprint density at radius 1 is 1.26 bits per heavy atom. The number of benzene rings is 1. The van der Waals surface area contributed by atoms with E-state index in [-0.39, 0.29) is 49.9 Å². The Balaban J connectivity index is 1.50. The Hall–Kier alpha value is -3.51. The number of cyclic esters (lactones) is 1. The highest BCUT2D eigenvalue weighted by Gasteiger charge is 2.36. The molecule has 1 aromatic heterocycles. The van der Waals surface area contributed by atoms with E-state index in [1.807, 2.05) is 0 Å². The number of amides is 2. The molecule has 3 heterocycles. The minimum atomic E-state index is -0.927. The number of carbonyl (C=O) groups is 2. The van der Waals surface area contributed by atoms with Crippen LogP contribution in [0.4, 0.5) is 19.3 Å². The first-order valence-corrected chi connectivity index (χ1v) is 10.6. The van der Waals surface area contributed by atoms with Crippen LogP contribution in [0.5, 0.6) is 5.88 Å². The molecule has 4 rings (SSSR count). The third-order valence-corrected chi connectivity index (χ3v) is 5.74. The fourth-order valence-corrected chi connectivity index (χ4v) is 3.93. The maximum Gasteiger partial charge on any atom is 0.414 e. The number of anilines is 1. The zero-order valence-electron chi connectivity index (χ0n) is 18.0. The second kappa shape index (κ2) is 10.2. The molecule has 2 amide bonds. The van der Waals surface area contributed by atoms with Gasteiger partial charge in [-0.15, -0.1) is 0 Å². The number of rotatable bonds is 8. The molecule has 0 radical (unpaired) electrons. The molecule has 1 aromatic carbocycles. The van der Waals surface area contributed by atoms with E-state index in [9.17, 15) is 19.8 Å². The number of aliphatic hydroxyl groups excluding tert-OH is 2. The molecule has 10 nitrogen and oxygen atoms in total. The van der Waals surface area contributed by atoms with Crippen molar-refractivity contribution < 1.29 is 42.6 Å². The van der Waals surface area contributed by atoms with E-state index in [4.69, 9.17) is 9.47 Å². The zero-order valence-corrected chi connectivity index (χ0v) is 18.0. The highest BCUT2D eigenvalue weighted by molar-refractivity contribution is 5.90. The van der Waals surface area contributed by atoms with Gasteiger partial charge in [0.15, 0.2) is 0 Å². The number of hydrogen-bond acceptors (Lipinski definition) is 8. The second-order valence-corrected chi connectivity index (χ2v) is 7.86. The van der Waals surface area contributed by atoms with Crippen LogP contribution in [0.25, 0.3) is 5.57 Å². The Labute approximate surface area is 192 Å². The minimum Gasteiger partial charge on any atom is -0.473 e. The van der Waals surface area contributed by atoms with Crippen molar-refractivity contribution in [3.05, 3.63) is 47.7 Å². The summed E-state index contributed by atoms with van der Waals surface area (Å²) in [7, 11) is 0. The Bertz CT molecular complexity index is 1050. The maximum atomic E-state index is 15.0. The van der Waals surface area contributed by atoms with E-state index in [0.717, 1.165) is 17.0 Å². The standard InChI is InChI=1S/C22H23F2N3O7/c23-17-7-15(27-16(12-33-22(27)31)11-32-19-3-6-34-25-19)8-18(24)20(17)13-1-4-26(5-2-13)21(30)14(9-28)10-29/h1,3,6-8,14,16,28-29H,2,4-5,9-12H2/t16-/m1/s1. The maximum absolute atomic E-state index is 15.0. The lowest BCUT2D eigenvalue weighted by molar-refractivity contribution is -0.137. The molecule has 2 aromatic rings. The number of hydrogen-bond donors (Lipinski definition) is 2. The summed E-state index contributed by atoms with van der Waals surface area (Å²) in [4.78, 5) is 27.1. The van der Waals surface area contributed by atoms with Gasteiger partial charge in [0.25, 0.3) is 5.88 Å². The van der Waals surface area contributed by atoms with Crippen molar-refractivity contribution in [1.82, 2.24) is 10.1 Å². The number of carbonyl (C=O) groups excluding carboxylic acids is 2. The van der Waals surface area contributed by atoms with E-state index in [1.54, 1.807) is 0 Å². The van der Waals surface area contributed by atoms with Gasteiger partial charge < -0.3 is 29.1 Å². The summed E-state index contributed by atoms with van der Waals surface area (Å²) >= 11 is 0. The largest absolute Gasteiger partial charge is 0.473 e. The lowest BCUT2D eigenvalue weighted by Crippen LogP contribution is -2.41. The molecule has 1 atom stereocenters. The fourth-order valence-electron chi connectivity index (χ4n) is 3.93. The van der Waals surface area contributed by atoms with Gasteiger partial charge in [-0.3, -0.25) is 9.69 Å². The summed E-state index contributed by atoms with van der Waals surface area (Å²) in [5.41, 5.74) is 0.127. The molecule has 1 saturated heterocycles. The van der Waals surface area contributed by atoms with E-state index in [1.165, 1.54) is 23.3 Å². The Morgan fingerprint density at radius 3 is 2.59 bits per heavy atom. The monoisotopic (exact) mass is 479 g/mol. The normalized spacial score (nSPS) is 18.3. The van der Waals surface area contributed by atoms with Crippen molar-refractivity contribution in [2.45, 2.75) is 12.5 Å². The van der Waals surface area contributed by atoms with Crippen LogP contribution < -0.4 is 9.64 Å². The molecule has 12 heteroatoms. The number of ether oxygens (including phenoxy) is 2. The van der Waals surface area contributed by atoms with Gasteiger partial charge in [-0.2, -0.15) is 0 Å². The molecule has 2 aliphatic rings. The van der Waals surface area contributed by atoms with Crippen LogP contribution in [0.3, 0.4) is 0 Å². The van der Waals surface area contributed by atoms with Gasteiger partial charge in [0.1, 0.15) is 37.2 Å². The SMILES string of the molecule is O=C(C(CO)CO)N1CC=C(c2c(F)cc(N3C(=O)OC[C@H]3COc3ccon3)cc2F)CC1. The second-order valence-electron chi connectivity index (χ2n) is 7.86. The lowest BCUT2D eigenvalue weighted by Gasteiger charge is -2.29.